The number of ether oxygens (including phenoxy) is 2. The number of aliphatic hydroxyl groups excluding tert-OH is 1. The lowest BCUT2D eigenvalue weighted by Gasteiger charge is -2.15. The van der Waals surface area contributed by atoms with Crippen LogP contribution in [-0.4, -0.2) is 30.5 Å². The van der Waals surface area contributed by atoms with Crippen LogP contribution in [0, 0.1) is 0 Å². The molecule has 18 heavy (non-hydrogen) atoms. The number of carbonyl (C=O) groups is 1. The highest BCUT2D eigenvalue weighted by molar-refractivity contribution is 5.95. The Kier molecular flexibility index (Phi) is 4.04. The van der Waals surface area contributed by atoms with E-state index in [1.165, 1.54) is 0 Å². The molecule has 0 aliphatic carbocycles. The van der Waals surface area contributed by atoms with Crippen molar-refractivity contribution in [1.29, 1.82) is 0 Å². The minimum Gasteiger partial charge on any atom is -0.454 e. The van der Waals surface area contributed by atoms with Gasteiger partial charge in [-0.05, 0) is 24.6 Å². The minimum absolute atomic E-state index is 0.0515. The average molecular weight is 251 g/mol. The molecule has 1 aliphatic rings. The molecule has 98 valence electrons. The molecule has 1 aromatic rings. The van der Waals surface area contributed by atoms with E-state index in [1.54, 1.807) is 18.2 Å². The molecule has 1 heterocycles. The van der Waals surface area contributed by atoms with Gasteiger partial charge in [0, 0.05) is 5.56 Å². The third-order valence-corrected chi connectivity index (χ3v) is 2.83. The van der Waals surface area contributed by atoms with Crippen molar-refractivity contribution >= 4 is 5.91 Å². The number of hydrogen-bond donors (Lipinski definition) is 2. The summed E-state index contributed by atoms with van der Waals surface area (Å²) in [7, 11) is 0. The van der Waals surface area contributed by atoms with Gasteiger partial charge in [0.05, 0.1) is 12.6 Å². The summed E-state index contributed by atoms with van der Waals surface area (Å²) < 4.78 is 10.4. The molecule has 0 bridgehead atoms. The fourth-order valence-corrected chi connectivity index (χ4v) is 1.86. The van der Waals surface area contributed by atoms with Crippen LogP contribution in [0.15, 0.2) is 18.2 Å². The van der Waals surface area contributed by atoms with Gasteiger partial charge in [-0.15, -0.1) is 0 Å². The standard InChI is InChI=1S/C13H17NO4/c1-2-3-10(7-15)14-13(16)9-4-5-11-12(6-9)18-8-17-11/h4-6,10,15H,2-3,7-8H2,1H3,(H,14,16). The molecule has 0 saturated carbocycles. The van der Waals surface area contributed by atoms with Crippen molar-refractivity contribution in [3.05, 3.63) is 23.8 Å². The number of fused-ring (bicyclic) bond motifs is 1. The molecular formula is C13H17NO4. The molecule has 0 aromatic heterocycles. The Morgan fingerprint density at radius 1 is 1.44 bits per heavy atom. The number of aliphatic hydroxyl groups is 1. The van der Waals surface area contributed by atoms with E-state index in [1.807, 2.05) is 6.92 Å². The molecule has 1 aromatic carbocycles. The number of rotatable bonds is 5. The largest absolute Gasteiger partial charge is 0.454 e. The number of carbonyl (C=O) groups excluding carboxylic acids is 1. The lowest BCUT2D eigenvalue weighted by atomic mass is 10.1. The summed E-state index contributed by atoms with van der Waals surface area (Å²) in [6.07, 6.45) is 1.67. The molecule has 1 atom stereocenters. The zero-order valence-corrected chi connectivity index (χ0v) is 10.3. The van der Waals surface area contributed by atoms with Crippen LogP contribution in [-0.2, 0) is 0 Å². The summed E-state index contributed by atoms with van der Waals surface area (Å²) in [6.45, 7) is 2.15. The van der Waals surface area contributed by atoms with Crippen molar-refractivity contribution in [2.24, 2.45) is 0 Å². The van der Waals surface area contributed by atoms with Gasteiger partial charge in [0.15, 0.2) is 11.5 Å². The summed E-state index contributed by atoms with van der Waals surface area (Å²) >= 11 is 0. The maximum Gasteiger partial charge on any atom is 0.251 e. The fraction of sp³-hybridized carbons (Fsp3) is 0.462. The van der Waals surface area contributed by atoms with Crippen LogP contribution in [0.5, 0.6) is 11.5 Å². The Labute approximate surface area is 106 Å². The lowest BCUT2D eigenvalue weighted by Crippen LogP contribution is -2.37. The summed E-state index contributed by atoms with van der Waals surface area (Å²) in [5, 5.41) is 11.9. The monoisotopic (exact) mass is 251 g/mol. The molecule has 1 unspecified atom stereocenters. The Balaban J connectivity index is 2.04. The van der Waals surface area contributed by atoms with E-state index in [-0.39, 0.29) is 25.3 Å². The zero-order valence-electron chi connectivity index (χ0n) is 10.3. The molecule has 0 radical (unpaired) electrons. The van der Waals surface area contributed by atoms with Gasteiger partial charge in [0.1, 0.15) is 0 Å². The highest BCUT2D eigenvalue weighted by atomic mass is 16.7. The summed E-state index contributed by atoms with van der Waals surface area (Å²) in [5.74, 6) is 1.03. The summed E-state index contributed by atoms with van der Waals surface area (Å²) in [6, 6.07) is 4.85. The van der Waals surface area contributed by atoms with E-state index in [9.17, 15) is 4.79 Å². The number of hydrogen-bond acceptors (Lipinski definition) is 4. The second kappa shape index (κ2) is 5.73. The van der Waals surface area contributed by atoms with Crippen LogP contribution < -0.4 is 14.8 Å². The minimum atomic E-state index is -0.208. The van der Waals surface area contributed by atoms with Gasteiger partial charge in [0.2, 0.25) is 6.79 Å². The first-order valence-corrected chi connectivity index (χ1v) is 6.06. The zero-order chi connectivity index (χ0) is 13.0. The molecule has 2 N–H and O–H groups in total. The SMILES string of the molecule is CCCC(CO)NC(=O)c1ccc2c(c1)OCO2. The lowest BCUT2D eigenvalue weighted by molar-refractivity contribution is 0.0912. The predicted molar refractivity (Wildman–Crippen MR) is 65.8 cm³/mol. The van der Waals surface area contributed by atoms with Crippen LogP contribution in [0.3, 0.4) is 0 Å². The third-order valence-electron chi connectivity index (χ3n) is 2.83. The Bertz CT molecular complexity index is 433. The second-order valence-electron chi connectivity index (χ2n) is 4.21. The van der Waals surface area contributed by atoms with E-state index in [4.69, 9.17) is 14.6 Å². The topological polar surface area (TPSA) is 67.8 Å². The maximum atomic E-state index is 12.0. The molecule has 0 spiro atoms. The second-order valence-corrected chi connectivity index (χ2v) is 4.21. The molecule has 2 rings (SSSR count). The number of nitrogens with one attached hydrogen (secondary N) is 1. The summed E-state index contributed by atoms with van der Waals surface area (Å²) in [4.78, 5) is 12.0. The van der Waals surface area contributed by atoms with Crippen LogP contribution in [0.2, 0.25) is 0 Å². The van der Waals surface area contributed by atoms with E-state index in [0.717, 1.165) is 12.8 Å². The summed E-state index contributed by atoms with van der Waals surface area (Å²) in [5.41, 5.74) is 0.508. The number of benzene rings is 1. The van der Waals surface area contributed by atoms with Crippen molar-refractivity contribution in [2.75, 3.05) is 13.4 Å². The van der Waals surface area contributed by atoms with E-state index >= 15 is 0 Å². The van der Waals surface area contributed by atoms with Gasteiger partial charge in [-0.1, -0.05) is 13.3 Å². The van der Waals surface area contributed by atoms with Crippen molar-refractivity contribution in [1.82, 2.24) is 5.32 Å². The van der Waals surface area contributed by atoms with E-state index in [0.29, 0.717) is 17.1 Å². The Hall–Kier alpha value is -1.75. The fourth-order valence-electron chi connectivity index (χ4n) is 1.86. The molecule has 1 amide bonds. The van der Waals surface area contributed by atoms with Crippen LogP contribution in [0.4, 0.5) is 0 Å². The molecule has 0 fully saturated rings. The van der Waals surface area contributed by atoms with Crippen molar-refractivity contribution in [3.63, 3.8) is 0 Å². The van der Waals surface area contributed by atoms with Crippen molar-refractivity contribution < 1.29 is 19.4 Å². The Morgan fingerprint density at radius 3 is 2.94 bits per heavy atom. The highest BCUT2D eigenvalue weighted by Gasteiger charge is 2.17. The highest BCUT2D eigenvalue weighted by Crippen LogP contribution is 2.32. The smallest absolute Gasteiger partial charge is 0.251 e. The molecule has 5 nitrogen and oxygen atoms in total. The van der Waals surface area contributed by atoms with Gasteiger partial charge < -0.3 is 19.9 Å². The third kappa shape index (κ3) is 2.73. The quantitative estimate of drug-likeness (QED) is 0.828. The van der Waals surface area contributed by atoms with Crippen molar-refractivity contribution in [3.8, 4) is 11.5 Å². The number of amides is 1. The van der Waals surface area contributed by atoms with Gasteiger partial charge in [-0.3, -0.25) is 4.79 Å². The van der Waals surface area contributed by atoms with E-state index in [2.05, 4.69) is 5.32 Å². The first-order valence-electron chi connectivity index (χ1n) is 6.06. The molecule has 1 aliphatic heterocycles. The average Bonchev–Trinajstić information content (AvgIpc) is 2.85. The first kappa shape index (κ1) is 12.7. The first-order chi connectivity index (χ1) is 8.74. The van der Waals surface area contributed by atoms with Crippen molar-refractivity contribution in [2.45, 2.75) is 25.8 Å². The van der Waals surface area contributed by atoms with Gasteiger partial charge in [-0.2, -0.15) is 0 Å². The van der Waals surface area contributed by atoms with Crippen LogP contribution in [0.1, 0.15) is 30.1 Å². The predicted octanol–water partition coefficient (Wildman–Crippen LogP) is 1.31. The Morgan fingerprint density at radius 2 is 2.22 bits per heavy atom. The van der Waals surface area contributed by atoms with Gasteiger partial charge in [0.25, 0.3) is 5.91 Å². The van der Waals surface area contributed by atoms with E-state index < -0.39 is 0 Å². The molecular weight excluding hydrogens is 234 g/mol. The normalized spacial score (nSPS) is 14.3. The van der Waals surface area contributed by atoms with Crippen LogP contribution >= 0.6 is 0 Å². The van der Waals surface area contributed by atoms with Gasteiger partial charge >= 0.3 is 0 Å². The molecule has 5 heteroatoms. The van der Waals surface area contributed by atoms with Gasteiger partial charge in [-0.25, -0.2) is 0 Å². The van der Waals surface area contributed by atoms with Crippen LogP contribution in [0.25, 0.3) is 0 Å². The molecule has 0 saturated heterocycles. The maximum absolute atomic E-state index is 12.0.